The summed E-state index contributed by atoms with van der Waals surface area (Å²) < 4.78 is 2.81. The van der Waals surface area contributed by atoms with Crippen LogP contribution in [0.1, 0.15) is 13.8 Å². The summed E-state index contributed by atoms with van der Waals surface area (Å²) in [5.74, 6) is 0.847. The Labute approximate surface area is 75.2 Å². The summed E-state index contributed by atoms with van der Waals surface area (Å²) in [4.78, 5) is 0. The lowest BCUT2D eigenvalue weighted by molar-refractivity contribution is 0.511. The summed E-state index contributed by atoms with van der Waals surface area (Å²) in [5, 5.41) is 0. The second-order valence-corrected chi connectivity index (χ2v) is 10.6. The molecule has 0 aliphatic carbocycles. The molecule has 3 heteroatoms. The van der Waals surface area contributed by atoms with Gasteiger partial charge in [-0.15, -0.1) is 0 Å². The van der Waals surface area contributed by atoms with Gasteiger partial charge in [-0.2, -0.15) is 0 Å². The zero-order valence-corrected chi connectivity index (χ0v) is 11.2. The molecule has 11 heavy (non-hydrogen) atoms. The van der Waals surface area contributed by atoms with E-state index in [0.717, 1.165) is 5.92 Å². The van der Waals surface area contributed by atoms with Crippen LogP contribution in [-0.2, 0) is 0 Å². The van der Waals surface area contributed by atoms with E-state index in [1.807, 2.05) is 0 Å². The minimum atomic E-state index is -0.504. The Morgan fingerprint density at radius 1 is 1.00 bits per heavy atom. The zero-order chi connectivity index (χ0) is 9.02. The van der Waals surface area contributed by atoms with Gasteiger partial charge in [0.2, 0.25) is 0 Å². The van der Waals surface area contributed by atoms with Crippen LogP contribution < -0.4 is 0 Å². The SMILES string of the molecule is CC(C)CN([SiH](C)C)[SiH](C)C. The smallest absolute Gasteiger partial charge is 0.0980 e. The van der Waals surface area contributed by atoms with Crippen molar-refractivity contribution in [2.75, 3.05) is 6.54 Å². The normalized spacial score (nSPS) is 12.5. The van der Waals surface area contributed by atoms with Crippen molar-refractivity contribution in [3.05, 3.63) is 0 Å². The highest BCUT2D eigenvalue weighted by atomic mass is 28.3. The van der Waals surface area contributed by atoms with Crippen LogP contribution >= 0.6 is 0 Å². The molecule has 0 aromatic rings. The van der Waals surface area contributed by atoms with E-state index in [4.69, 9.17) is 0 Å². The number of hydrogen-bond acceptors (Lipinski definition) is 1. The molecule has 0 saturated heterocycles. The Morgan fingerprint density at radius 3 is 1.45 bits per heavy atom. The molecule has 0 amide bonds. The highest BCUT2D eigenvalue weighted by Crippen LogP contribution is 2.04. The van der Waals surface area contributed by atoms with E-state index < -0.39 is 17.9 Å². The fourth-order valence-corrected chi connectivity index (χ4v) is 7.90. The molecule has 0 aliphatic heterocycles. The highest BCUT2D eigenvalue weighted by Gasteiger charge is 2.15. The Kier molecular flexibility index (Phi) is 5.30. The third-order valence-corrected chi connectivity index (χ3v) is 8.56. The quantitative estimate of drug-likeness (QED) is 0.611. The van der Waals surface area contributed by atoms with Crippen LogP contribution in [0.5, 0.6) is 0 Å². The van der Waals surface area contributed by atoms with Gasteiger partial charge in [-0.1, -0.05) is 40.0 Å². The van der Waals surface area contributed by atoms with Crippen molar-refractivity contribution in [1.29, 1.82) is 0 Å². The molecule has 0 atom stereocenters. The predicted molar refractivity (Wildman–Crippen MR) is 59.3 cm³/mol. The molecule has 1 nitrogen and oxygen atoms in total. The summed E-state index contributed by atoms with van der Waals surface area (Å²) >= 11 is 0. The van der Waals surface area contributed by atoms with Crippen molar-refractivity contribution in [2.24, 2.45) is 5.92 Å². The molecule has 0 heterocycles. The molecule has 0 rings (SSSR count). The van der Waals surface area contributed by atoms with E-state index in [2.05, 4.69) is 44.3 Å². The van der Waals surface area contributed by atoms with Gasteiger partial charge in [0.25, 0.3) is 0 Å². The van der Waals surface area contributed by atoms with Crippen molar-refractivity contribution in [2.45, 2.75) is 40.0 Å². The van der Waals surface area contributed by atoms with Gasteiger partial charge in [-0.3, -0.25) is 0 Å². The van der Waals surface area contributed by atoms with Gasteiger partial charge in [0.15, 0.2) is 0 Å². The van der Waals surface area contributed by atoms with Crippen LogP contribution in [0.3, 0.4) is 0 Å². The molecule has 0 saturated carbocycles. The molecule has 0 N–H and O–H groups in total. The van der Waals surface area contributed by atoms with E-state index in [-0.39, 0.29) is 0 Å². The Balaban J connectivity index is 3.90. The molecule has 0 unspecified atom stereocenters. The van der Waals surface area contributed by atoms with Gasteiger partial charge in [0, 0.05) is 0 Å². The van der Waals surface area contributed by atoms with Crippen molar-refractivity contribution in [1.82, 2.24) is 4.23 Å². The van der Waals surface area contributed by atoms with Crippen molar-refractivity contribution in [3.63, 3.8) is 0 Å². The van der Waals surface area contributed by atoms with Crippen LogP contribution in [0.2, 0.25) is 26.2 Å². The lowest BCUT2D eigenvalue weighted by atomic mass is 10.2. The molecule has 68 valence electrons. The van der Waals surface area contributed by atoms with Gasteiger partial charge >= 0.3 is 0 Å². The Morgan fingerprint density at radius 2 is 1.36 bits per heavy atom. The van der Waals surface area contributed by atoms with E-state index in [1.54, 1.807) is 0 Å². The predicted octanol–water partition coefficient (Wildman–Crippen LogP) is 1.91. The summed E-state index contributed by atoms with van der Waals surface area (Å²) in [6.07, 6.45) is 0. The second-order valence-electron chi connectivity index (χ2n) is 4.28. The van der Waals surface area contributed by atoms with Crippen molar-refractivity contribution < 1.29 is 0 Å². The monoisotopic (exact) mass is 189 g/mol. The molecule has 0 bridgehead atoms. The standard InChI is InChI=1S/C8H23NSi2/c1-8(2)7-9(10(3)4)11(5)6/h8,10-11H,7H2,1-6H3. The number of rotatable bonds is 4. The summed E-state index contributed by atoms with van der Waals surface area (Å²) in [5.41, 5.74) is 0. The van der Waals surface area contributed by atoms with Crippen LogP contribution in [0.4, 0.5) is 0 Å². The minimum Gasteiger partial charge on any atom is -0.350 e. The van der Waals surface area contributed by atoms with Gasteiger partial charge in [-0.05, 0) is 12.5 Å². The van der Waals surface area contributed by atoms with Crippen LogP contribution in [0.15, 0.2) is 0 Å². The first-order valence-electron chi connectivity index (χ1n) is 4.70. The van der Waals surface area contributed by atoms with Crippen LogP contribution in [0, 0.1) is 5.92 Å². The molecule has 0 aromatic carbocycles. The number of hydrogen-bond donors (Lipinski definition) is 0. The Bertz CT molecular complexity index is 94.3. The van der Waals surface area contributed by atoms with E-state index in [0.29, 0.717) is 0 Å². The lowest BCUT2D eigenvalue weighted by Gasteiger charge is -2.31. The average molecular weight is 189 g/mol. The second kappa shape index (κ2) is 5.11. The number of nitrogens with zero attached hydrogens (tertiary/aromatic N) is 1. The first-order chi connectivity index (χ1) is 4.95. The topological polar surface area (TPSA) is 3.24 Å². The maximum absolute atomic E-state index is 2.81. The maximum atomic E-state index is 2.81. The minimum absolute atomic E-state index is 0.504. The molecular formula is C8H23NSi2. The third kappa shape index (κ3) is 4.77. The maximum Gasteiger partial charge on any atom is 0.0980 e. The molecular weight excluding hydrogens is 166 g/mol. The fourth-order valence-electron chi connectivity index (χ4n) is 1.44. The Hall–Kier alpha value is 0.394. The zero-order valence-electron chi connectivity index (χ0n) is 8.89. The lowest BCUT2D eigenvalue weighted by Crippen LogP contribution is -2.45. The van der Waals surface area contributed by atoms with Crippen molar-refractivity contribution >= 4 is 17.9 Å². The van der Waals surface area contributed by atoms with Crippen molar-refractivity contribution in [3.8, 4) is 0 Å². The molecule has 0 aliphatic rings. The van der Waals surface area contributed by atoms with Gasteiger partial charge in [0.05, 0.1) is 17.9 Å². The van der Waals surface area contributed by atoms with Crippen LogP contribution in [0.25, 0.3) is 0 Å². The molecule has 0 spiro atoms. The summed E-state index contributed by atoms with van der Waals surface area (Å²) in [6, 6.07) is 0. The van der Waals surface area contributed by atoms with Gasteiger partial charge < -0.3 is 4.23 Å². The summed E-state index contributed by atoms with van der Waals surface area (Å²) in [6.45, 7) is 15.7. The average Bonchev–Trinajstić information content (AvgIpc) is 1.81. The fraction of sp³-hybridized carbons (Fsp3) is 1.00. The van der Waals surface area contributed by atoms with Crippen LogP contribution in [-0.4, -0.2) is 28.7 Å². The molecule has 0 radical (unpaired) electrons. The summed E-state index contributed by atoms with van der Waals surface area (Å²) in [7, 11) is -1.01. The third-order valence-electron chi connectivity index (χ3n) is 1.90. The largest absolute Gasteiger partial charge is 0.350 e. The van der Waals surface area contributed by atoms with Gasteiger partial charge in [-0.25, -0.2) is 0 Å². The van der Waals surface area contributed by atoms with E-state index in [1.165, 1.54) is 6.54 Å². The van der Waals surface area contributed by atoms with Gasteiger partial charge in [0.1, 0.15) is 0 Å². The first-order valence-corrected chi connectivity index (χ1v) is 10.4. The first kappa shape index (κ1) is 11.4. The molecule has 0 fully saturated rings. The van der Waals surface area contributed by atoms with E-state index in [9.17, 15) is 0 Å². The highest BCUT2D eigenvalue weighted by molar-refractivity contribution is 6.69. The van der Waals surface area contributed by atoms with E-state index >= 15 is 0 Å². The molecule has 0 aromatic heterocycles.